The lowest BCUT2D eigenvalue weighted by Gasteiger charge is -2.08. The Balaban J connectivity index is 1.71. The minimum absolute atomic E-state index is 0.0101. The van der Waals surface area contributed by atoms with Gasteiger partial charge in [-0.3, -0.25) is 24.4 Å². The quantitative estimate of drug-likeness (QED) is 0.240. The SMILES string of the molecule is CCCCCCCCCC(=O)Nc1ccc(CC(=O)C2CC(=O)N(O)C2=O)cc1. The molecule has 0 saturated carbocycles. The molecule has 7 nitrogen and oxygen atoms in total. The lowest BCUT2D eigenvalue weighted by atomic mass is 9.96. The number of hydroxylamine groups is 2. The Morgan fingerprint density at radius 3 is 2.24 bits per heavy atom. The lowest BCUT2D eigenvalue weighted by Crippen LogP contribution is -2.29. The first kappa shape index (κ1) is 22.7. The van der Waals surface area contributed by atoms with Crippen molar-refractivity contribution in [3.8, 4) is 0 Å². The standard InChI is InChI=1S/C22H30N2O5/c1-2-3-4-5-6-7-8-9-20(26)23-17-12-10-16(11-13-17)14-19(25)18-15-21(27)24(29)22(18)28/h10-13,18,29H,2-9,14-15H2,1H3,(H,23,26). The van der Waals surface area contributed by atoms with E-state index < -0.39 is 23.5 Å². The van der Waals surface area contributed by atoms with E-state index in [9.17, 15) is 24.4 Å². The molecule has 1 aromatic carbocycles. The molecular formula is C22H30N2O5. The van der Waals surface area contributed by atoms with Gasteiger partial charge in [0.1, 0.15) is 11.7 Å². The third kappa shape index (κ3) is 7.09. The Bertz CT molecular complexity index is 729. The predicted molar refractivity (Wildman–Crippen MR) is 108 cm³/mol. The zero-order chi connectivity index (χ0) is 21.2. The zero-order valence-electron chi connectivity index (χ0n) is 17.0. The van der Waals surface area contributed by atoms with Gasteiger partial charge in [0.25, 0.3) is 11.8 Å². The van der Waals surface area contributed by atoms with E-state index in [4.69, 9.17) is 0 Å². The van der Waals surface area contributed by atoms with Crippen LogP contribution < -0.4 is 5.32 Å². The number of hydrogen-bond donors (Lipinski definition) is 2. The van der Waals surface area contributed by atoms with E-state index >= 15 is 0 Å². The van der Waals surface area contributed by atoms with Crippen LogP contribution in [0.3, 0.4) is 0 Å². The molecule has 1 heterocycles. The Morgan fingerprint density at radius 1 is 1.03 bits per heavy atom. The Morgan fingerprint density at radius 2 is 1.66 bits per heavy atom. The second kappa shape index (κ2) is 11.5. The summed E-state index contributed by atoms with van der Waals surface area (Å²) >= 11 is 0. The number of rotatable bonds is 12. The summed E-state index contributed by atoms with van der Waals surface area (Å²) in [6.07, 6.45) is 8.29. The number of carbonyl (C=O) groups excluding carboxylic acids is 4. The number of ketones is 1. The van der Waals surface area contributed by atoms with Crippen molar-refractivity contribution < 1.29 is 24.4 Å². The fourth-order valence-electron chi connectivity index (χ4n) is 3.37. The molecule has 1 aliphatic heterocycles. The minimum Gasteiger partial charge on any atom is -0.326 e. The van der Waals surface area contributed by atoms with Gasteiger partial charge >= 0.3 is 0 Å². The number of anilines is 1. The summed E-state index contributed by atoms with van der Waals surface area (Å²) in [5, 5.41) is 12.1. The average molecular weight is 402 g/mol. The van der Waals surface area contributed by atoms with Crippen LogP contribution in [-0.4, -0.2) is 33.8 Å². The molecular weight excluding hydrogens is 372 g/mol. The van der Waals surface area contributed by atoms with Gasteiger partial charge in [0.2, 0.25) is 5.91 Å². The highest BCUT2D eigenvalue weighted by molar-refractivity contribution is 6.13. The molecule has 158 valence electrons. The van der Waals surface area contributed by atoms with Crippen LogP contribution in [0, 0.1) is 5.92 Å². The van der Waals surface area contributed by atoms with Gasteiger partial charge in [0.15, 0.2) is 0 Å². The zero-order valence-corrected chi connectivity index (χ0v) is 17.0. The predicted octanol–water partition coefficient (Wildman–Crippen LogP) is 3.64. The molecule has 0 aromatic heterocycles. The number of nitrogens with one attached hydrogen (secondary N) is 1. The van der Waals surface area contributed by atoms with Crippen molar-refractivity contribution in [1.82, 2.24) is 5.06 Å². The van der Waals surface area contributed by atoms with Crippen molar-refractivity contribution in [3.63, 3.8) is 0 Å². The van der Waals surface area contributed by atoms with E-state index in [1.54, 1.807) is 24.3 Å². The first-order chi connectivity index (χ1) is 13.9. The average Bonchev–Trinajstić information content (AvgIpc) is 2.96. The summed E-state index contributed by atoms with van der Waals surface area (Å²) in [6, 6.07) is 6.84. The molecule has 7 heteroatoms. The molecule has 0 aliphatic carbocycles. The monoisotopic (exact) mass is 402 g/mol. The Hall–Kier alpha value is -2.54. The number of Topliss-reactive ketones (excluding diaryl/α,β-unsaturated/α-hetero) is 1. The molecule has 2 N–H and O–H groups in total. The van der Waals surface area contributed by atoms with Crippen LogP contribution in [0.2, 0.25) is 0 Å². The number of nitrogens with zero attached hydrogens (tertiary/aromatic N) is 1. The fraction of sp³-hybridized carbons (Fsp3) is 0.545. The fourth-order valence-corrected chi connectivity index (χ4v) is 3.37. The molecule has 1 aliphatic rings. The highest BCUT2D eigenvalue weighted by Gasteiger charge is 2.42. The number of benzene rings is 1. The maximum Gasteiger partial charge on any atom is 0.264 e. The summed E-state index contributed by atoms with van der Waals surface area (Å²) in [7, 11) is 0. The summed E-state index contributed by atoms with van der Waals surface area (Å²) in [5.41, 5.74) is 1.33. The smallest absolute Gasteiger partial charge is 0.264 e. The first-order valence-corrected chi connectivity index (χ1v) is 10.4. The lowest BCUT2D eigenvalue weighted by molar-refractivity contribution is -0.172. The van der Waals surface area contributed by atoms with Gasteiger partial charge in [-0.2, -0.15) is 5.06 Å². The van der Waals surface area contributed by atoms with E-state index in [1.807, 2.05) is 0 Å². The van der Waals surface area contributed by atoms with Crippen LogP contribution in [0.25, 0.3) is 0 Å². The second-order valence-electron chi connectivity index (χ2n) is 7.56. The van der Waals surface area contributed by atoms with Crippen molar-refractivity contribution >= 4 is 29.2 Å². The number of carbonyl (C=O) groups is 4. The number of unbranched alkanes of at least 4 members (excludes halogenated alkanes) is 6. The summed E-state index contributed by atoms with van der Waals surface area (Å²) in [4.78, 5) is 47.2. The number of imide groups is 1. The summed E-state index contributed by atoms with van der Waals surface area (Å²) < 4.78 is 0. The maximum atomic E-state index is 12.2. The molecule has 1 saturated heterocycles. The number of hydrogen-bond acceptors (Lipinski definition) is 5. The van der Waals surface area contributed by atoms with Crippen molar-refractivity contribution in [2.24, 2.45) is 5.92 Å². The van der Waals surface area contributed by atoms with Crippen molar-refractivity contribution in [1.29, 1.82) is 0 Å². The van der Waals surface area contributed by atoms with Gasteiger partial charge in [-0.1, -0.05) is 57.6 Å². The van der Waals surface area contributed by atoms with Crippen LogP contribution in [-0.2, 0) is 25.6 Å². The van der Waals surface area contributed by atoms with Crippen LogP contribution in [0.15, 0.2) is 24.3 Å². The molecule has 2 rings (SSSR count). The van der Waals surface area contributed by atoms with E-state index in [0.29, 0.717) is 17.7 Å². The minimum atomic E-state index is -1.12. The van der Waals surface area contributed by atoms with Crippen LogP contribution in [0.1, 0.15) is 70.3 Å². The first-order valence-electron chi connectivity index (χ1n) is 10.4. The van der Waals surface area contributed by atoms with Crippen LogP contribution in [0.5, 0.6) is 0 Å². The number of amides is 3. The molecule has 0 bridgehead atoms. The highest BCUT2D eigenvalue weighted by Crippen LogP contribution is 2.21. The molecule has 1 unspecified atom stereocenters. The summed E-state index contributed by atoms with van der Waals surface area (Å²) in [6.45, 7) is 2.19. The molecule has 1 fully saturated rings. The van der Waals surface area contributed by atoms with E-state index in [1.165, 1.54) is 32.1 Å². The Labute approximate surface area is 171 Å². The van der Waals surface area contributed by atoms with E-state index in [2.05, 4.69) is 12.2 Å². The van der Waals surface area contributed by atoms with Crippen LogP contribution >= 0.6 is 0 Å². The topological polar surface area (TPSA) is 104 Å². The molecule has 0 spiro atoms. The van der Waals surface area contributed by atoms with E-state index in [-0.39, 0.29) is 23.8 Å². The molecule has 1 aromatic rings. The molecule has 1 atom stereocenters. The van der Waals surface area contributed by atoms with Gasteiger partial charge in [0.05, 0.1) is 0 Å². The third-order valence-corrected chi connectivity index (χ3v) is 5.13. The highest BCUT2D eigenvalue weighted by atomic mass is 16.5. The van der Waals surface area contributed by atoms with Crippen molar-refractivity contribution in [2.75, 3.05) is 5.32 Å². The molecule has 0 radical (unpaired) electrons. The van der Waals surface area contributed by atoms with E-state index in [0.717, 1.165) is 12.8 Å². The maximum absolute atomic E-state index is 12.2. The molecule has 3 amide bonds. The normalized spacial score (nSPS) is 16.3. The van der Waals surface area contributed by atoms with Gasteiger partial charge in [-0.25, -0.2) is 0 Å². The van der Waals surface area contributed by atoms with Crippen molar-refractivity contribution in [3.05, 3.63) is 29.8 Å². The largest absolute Gasteiger partial charge is 0.326 e. The third-order valence-electron chi connectivity index (χ3n) is 5.13. The van der Waals surface area contributed by atoms with Gasteiger partial charge in [-0.15, -0.1) is 0 Å². The van der Waals surface area contributed by atoms with Gasteiger partial charge < -0.3 is 5.32 Å². The second-order valence-corrected chi connectivity index (χ2v) is 7.56. The summed E-state index contributed by atoms with van der Waals surface area (Å²) in [5.74, 6) is -3.17. The van der Waals surface area contributed by atoms with Gasteiger partial charge in [-0.05, 0) is 24.1 Å². The van der Waals surface area contributed by atoms with Gasteiger partial charge in [0, 0.05) is 24.9 Å². The Kier molecular flexibility index (Phi) is 8.99. The van der Waals surface area contributed by atoms with Crippen LogP contribution in [0.4, 0.5) is 5.69 Å². The molecule has 29 heavy (non-hydrogen) atoms. The van der Waals surface area contributed by atoms with Crippen molar-refractivity contribution in [2.45, 2.75) is 71.1 Å².